The highest BCUT2D eigenvalue weighted by molar-refractivity contribution is 5.78. The lowest BCUT2D eigenvalue weighted by atomic mass is 10.1. The summed E-state index contributed by atoms with van der Waals surface area (Å²) in [6.07, 6.45) is -0.0225. The van der Waals surface area contributed by atoms with E-state index in [1.807, 2.05) is 13.8 Å². The maximum absolute atomic E-state index is 12.9. The third kappa shape index (κ3) is 5.79. The predicted octanol–water partition coefficient (Wildman–Crippen LogP) is 2.03. The van der Waals surface area contributed by atoms with E-state index in [-0.39, 0.29) is 18.9 Å². The molecule has 1 atom stereocenters. The normalized spacial score (nSPS) is 12.5. The molecule has 0 radical (unpaired) electrons. The molecule has 0 spiro atoms. The van der Waals surface area contributed by atoms with Crippen LogP contribution in [0.4, 0.5) is 8.78 Å². The fourth-order valence-corrected chi connectivity index (χ4v) is 1.76. The molecule has 1 aromatic rings. The number of hydrogen-bond donors (Lipinski definition) is 2. The standard InChI is InChI=1S/C14H19F2NO2/c1-9(2)5-11(18)8-17-14(19)7-10-3-4-12(15)13(16)6-10/h3-4,6,9,11,18H,5,7-8H2,1-2H3,(H,17,19). The molecular formula is C14H19F2NO2. The van der Waals surface area contributed by atoms with Gasteiger partial charge < -0.3 is 10.4 Å². The third-order valence-electron chi connectivity index (χ3n) is 2.63. The summed E-state index contributed by atoms with van der Waals surface area (Å²) < 4.78 is 25.6. The Morgan fingerprint density at radius 1 is 1.32 bits per heavy atom. The second-order valence-electron chi connectivity index (χ2n) is 5.01. The van der Waals surface area contributed by atoms with Gasteiger partial charge in [0.05, 0.1) is 12.5 Å². The Bertz CT molecular complexity index is 435. The molecule has 0 aromatic heterocycles. The van der Waals surface area contributed by atoms with Crippen molar-refractivity contribution in [1.29, 1.82) is 0 Å². The van der Waals surface area contributed by atoms with Crippen molar-refractivity contribution in [3.63, 3.8) is 0 Å². The van der Waals surface area contributed by atoms with Gasteiger partial charge in [0.2, 0.25) is 5.91 Å². The number of halogens is 2. The summed E-state index contributed by atoms with van der Waals surface area (Å²) >= 11 is 0. The van der Waals surface area contributed by atoms with Crippen molar-refractivity contribution in [1.82, 2.24) is 5.32 Å². The van der Waals surface area contributed by atoms with Crippen LogP contribution in [0.2, 0.25) is 0 Å². The Labute approximate surface area is 111 Å². The second-order valence-corrected chi connectivity index (χ2v) is 5.01. The van der Waals surface area contributed by atoms with Crippen LogP contribution in [-0.2, 0) is 11.2 Å². The van der Waals surface area contributed by atoms with Crippen LogP contribution < -0.4 is 5.32 Å². The molecule has 5 heteroatoms. The first-order valence-electron chi connectivity index (χ1n) is 6.27. The molecule has 1 unspecified atom stereocenters. The van der Waals surface area contributed by atoms with Crippen LogP contribution >= 0.6 is 0 Å². The maximum atomic E-state index is 12.9. The van der Waals surface area contributed by atoms with E-state index in [2.05, 4.69) is 5.32 Å². The van der Waals surface area contributed by atoms with Gasteiger partial charge in [0.15, 0.2) is 11.6 Å². The summed E-state index contributed by atoms with van der Waals surface area (Å²) in [4.78, 5) is 11.6. The first-order chi connectivity index (χ1) is 8.88. The van der Waals surface area contributed by atoms with Gasteiger partial charge in [-0.2, -0.15) is 0 Å². The fourth-order valence-electron chi connectivity index (χ4n) is 1.76. The zero-order chi connectivity index (χ0) is 14.4. The Kier molecular flexibility index (Phi) is 5.89. The van der Waals surface area contributed by atoms with Crippen LogP contribution in [0.5, 0.6) is 0 Å². The summed E-state index contributed by atoms with van der Waals surface area (Å²) in [6, 6.07) is 3.35. The quantitative estimate of drug-likeness (QED) is 0.831. The van der Waals surface area contributed by atoms with Crippen LogP contribution in [0.1, 0.15) is 25.8 Å². The number of hydrogen-bond acceptors (Lipinski definition) is 2. The average molecular weight is 271 g/mol. The van der Waals surface area contributed by atoms with Crippen molar-refractivity contribution in [2.75, 3.05) is 6.54 Å². The molecule has 1 amide bonds. The number of amides is 1. The number of aliphatic hydroxyl groups excluding tert-OH is 1. The van der Waals surface area contributed by atoms with E-state index in [0.717, 1.165) is 12.1 Å². The summed E-state index contributed by atoms with van der Waals surface area (Å²) in [6.45, 7) is 4.12. The summed E-state index contributed by atoms with van der Waals surface area (Å²) in [5, 5.41) is 12.2. The number of carbonyl (C=O) groups excluding carboxylic acids is 1. The number of rotatable bonds is 6. The number of carbonyl (C=O) groups is 1. The molecule has 106 valence electrons. The van der Waals surface area contributed by atoms with Gasteiger partial charge in [-0.1, -0.05) is 19.9 Å². The van der Waals surface area contributed by atoms with Crippen LogP contribution in [-0.4, -0.2) is 23.7 Å². The first-order valence-corrected chi connectivity index (χ1v) is 6.27. The molecule has 0 saturated heterocycles. The van der Waals surface area contributed by atoms with Crippen molar-refractivity contribution in [3.05, 3.63) is 35.4 Å². The molecule has 0 aliphatic rings. The predicted molar refractivity (Wildman–Crippen MR) is 68.5 cm³/mol. The zero-order valence-electron chi connectivity index (χ0n) is 11.1. The fraction of sp³-hybridized carbons (Fsp3) is 0.500. The lowest BCUT2D eigenvalue weighted by molar-refractivity contribution is -0.120. The Balaban J connectivity index is 2.40. The van der Waals surface area contributed by atoms with E-state index in [4.69, 9.17) is 0 Å². The largest absolute Gasteiger partial charge is 0.391 e. The monoisotopic (exact) mass is 271 g/mol. The van der Waals surface area contributed by atoms with E-state index in [9.17, 15) is 18.7 Å². The van der Waals surface area contributed by atoms with Crippen molar-refractivity contribution >= 4 is 5.91 Å². The van der Waals surface area contributed by atoms with E-state index >= 15 is 0 Å². The van der Waals surface area contributed by atoms with Gasteiger partial charge >= 0.3 is 0 Å². The highest BCUT2D eigenvalue weighted by atomic mass is 19.2. The number of aliphatic hydroxyl groups is 1. The van der Waals surface area contributed by atoms with Crippen molar-refractivity contribution in [2.45, 2.75) is 32.8 Å². The minimum Gasteiger partial charge on any atom is -0.391 e. The SMILES string of the molecule is CC(C)CC(O)CNC(=O)Cc1ccc(F)c(F)c1. The van der Waals surface area contributed by atoms with E-state index in [1.165, 1.54) is 6.07 Å². The Morgan fingerprint density at radius 3 is 2.58 bits per heavy atom. The summed E-state index contributed by atoms with van der Waals surface area (Å²) in [5.41, 5.74) is 0.398. The van der Waals surface area contributed by atoms with Gasteiger partial charge in [0, 0.05) is 6.54 Å². The number of nitrogens with one attached hydrogen (secondary N) is 1. The van der Waals surface area contributed by atoms with Gasteiger partial charge in [-0.15, -0.1) is 0 Å². The van der Waals surface area contributed by atoms with Gasteiger partial charge in [-0.05, 0) is 30.0 Å². The first kappa shape index (κ1) is 15.6. The van der Waals surface area contributed by atoms with Gasteiger partial charge in [0.1, 0.15) is 0 Å². The molecule has 0 fully saturated rings. The zero-order valence-corrected chi connectivity index (χ0v) is 11.1. The summed E-state index contributed by atoms with van der Waals surface area (Å²) in [5.74, 6) is -1.88. The molecule has 19 heavy (non-hydrogen) atoms. The van der Waals surface area contributed by atoms with Gasteiger partial charge in [-0.25, -0.2) is 8.78 Å². The molecule has 1 aromatic carbocycles. The molecule has 0 heterocycles. The van der Waals surface area contributed by atoms with Crippen molar-refractivity contribution in [3.8, 4) is 0 Å². The molecule has 0 bridgehead atoms. The average Bonchev–Trinajstić information content (AvgIpc) is 2.30. The molecule has 2 N–H and O–H groups in total. The second kappa shape index (κ2) is 7.19. The van der Waals surface area contributed by atoms with E-state index in [1.54, 1.807) is 0 Å². The van der Waals surface area contributed by atoms with Crippen LogP contribution in [0.15, 0.2) is 18.2 Å². The smallest absolute Gasteiger partial charge is 0.224 e. The highest BCUT2D eigenvalue weighted by Gasteiger charge is 2.10. The van der Waals surface area contributed by atoms with Crippen molar-refractivity contribution < 1.29 is 18.7 Å². The molecule has 3 nitrogen and oxygen atoms in total. The van der Waals surface area contributed by atoms with E-state index in [0.29, 0.717) is 17.9 Å². The Hall–Kier alpha value is -1.49. The Morgan fingerprint density at radius 2 is 2.00 bits per heavy atom. The molecule has 0 aliphatic heterocycles. The molecule has 0 aliphatic carbocycles. The maximum Gasteiger partial charge on any atom is 0.224 e. The van der Waals surface area contributed by atoms with Crippen LogP contribution in [0, 0.1) is 17.6 Å². The van der Waals surface area contributed by atoms with Gasteiger partial charge in [-0.3, -0.25) is 4.79 Å². The topological polar surface area (TPSA) is 49.3 Å². The van der Waals surface area contributed by atoms with Crippen LogP contribution in [0.3, 0.4) is 0 Å². The minimum absolute atomic E-state index is 0.0361. The third-order valence-corrected chi connectivity index (χ3v) is 2.63. The molecule has 0 saturated carbocycles. The molecule has 1 rings (SSSR count). The van der Waals surface area contributed by atoms with Crippen molar-refractivity contribution in [2.24, 2.45) is 5.92 Å². The van der Waals surface area contributed by atoms with E-state index < -0.39 is 17.7 Å². The lowest BCUT2D eigenvalue weighted by Gasteiger charge is -2.13. The highest BCUT2D eigenvalue weighted by Crippen LogP contribution is 2.09. The minimum atomic E-state index is -0.967. The number of benzene rings is 1. The van der Waals surface area contributed by atoms with Crippen LogP contribution in [0.25, 0.3) is 0 Å². The molecular weight excluding hydrogens is 252 g/mol. The van der Waals surface area contributed by atoms with Gasteiger partial charge in [0.25, 0.3) is 0 Å². The summed E-state index contributed by atoms with van der Waals surface area (Å²) in [7, 11) is 0. The lowest BCUT2D eigenvalue weighted by Crippen LogP contribution is -2.33.